The Morgan fingerprint density at radius 2 is 1.85 bits per heavy atom. The summed E-state index contributed by atoms with van der Waals surface area (Å²) in [4.78, 5) is 0. The molecular formula is C22H14BrClFNO. The molecule has 0 radical (unpaired) electrons. The van der Waals surface area contributed by atoms with Crippen molar-refractivity contribution in [1.29, 1.82) is 5.26 Å². The van der Waals surface area contributed by atoms with Crippen LogP contribution in [0.25, 0.3) is 11.6 Å². The number of ether oxygens (including phenoxy) is 1. The minimum absolute atomic E-state index is 0.259. The lowest BCUT2D eigenvalue weighted by Crippen LogP contribution is -1.96. The van der Waals surface area contributed by atoms with E-state index in [-0.39, 0.29) is 11.1 Å². The highest BCUT2D eigenvalue weighted by atomic mass is 79.9. The molecule has 0 aliphatic rings. The van der Waals surface area contributed by atoms with Gasteiger partial charge < -0.3 is 4.74 Å². The average molecular weight is 443 g/mol. The summed E-state index contributed by atoms with van der Waals surface area (Å²) in [5.74, 6) is 0.249. The lowest BCUT2D eigenvalue weighted by Gasteiger charge is -2.09. The number of benzene rings is 3. The molecule has 3 aromatic rings. The predicted molar refractivity (Wildman–Crippen MR) is 110 cm³/mol. The van der Waals surface area contributed by atoms with Gasteiger partial charge >= 0.3 is 0 Å². The molecule has 0 bridgehead atoms. The molecule has 3 rings (SSSR count). The Labute approximate surface area is 170 Å². The maximum atomic E-state index is 13.9. The van der Waals surface area contributed by atoms with Gasteiger partial charge in [0.2, 0.25) is 0 Å². The summed E-state index contributed by atoms with van der Waals surface area (Å²) in [5, 5.41) is 10.1. The van der Waals surface area contributed by atoms with Gasteiger partial charge in [-0.2, -0.15) is 5.26 Å². The van der Waals surface area contributed by atoms with E-state index >= 15 is 0 Å². The lowest BCUT2D eigenvalue weighted by atomic mass is 10.0. The van der Waals surface area contributed by atoms with Crippen molar-refractivity contribution in [1.82, 2.24) is 0 Å². The van der Waals surface area contributed by atoms with Crippen LogP contribution < -0.4 is 4.74 Å². The summed E-state index contributed by atoms with van der Waals surface area (Å²) < 4.78 is 20.5. The van der Waals surface area contributed by atoms with Crippen LogP contribution in [0.1, 0.15) is 16.7 Å². The van der Waals surface area contributed by atoms with Crippen LogP contribution in [-0.4, -0.2) is 0 Å². The molecule has 0 saturated carbocycles. The molecule has 0 amide bonds. The minimum Gasteiger partial charge on any atom is -0.488 e. The summed E-state index contributed by atoms with van der Waals surface area (Å²) in [6, 6.07) is 21.2. The van der Waals surface area contributed by atoms with Gasteiger partial charge in [0, 0.05) is 10.6 Å². The van der Waals surface area contributed by atoms with Crippen molar-refractivity contribution >= 4 is 39.2 Å². The molecule has 3 aromatic carbocycles. The smallest absolute Gasteiger partial charge is 0.134 e. The third kappa shape index (κ3) is 4.97. The zero-order valence-electron chi connectivity index (χ0n) is 14.1. The van der Waals surface area contributed by atoms with Crippen LogP contribution in [0.4, 0.5) is 4.39 Å². The zero-order valence-corrected chi connectivity index (χ0v) is 16.5. The van der Waals surface area contributed by atoms with Crippen molar-refractivity contribution in [3.63, 3.8) is 0 Å². The molecule has 0 fully saturated rings. The standard InChI is InChI=1S/C22H14BrClFNO/c23-20-12-16(11-17(13-26)19-3-1-2-4-21(19)25)7-10-22(20)27-14-15-5-8-18(24)9-6-15/h1-12H,14H2. The van der Waals surface area contributed by atoms with Gasteiger partial charge in [-0.3, -0.25) is 0 Å². The van der Waals surface area contributed by atoms with Gasteiger partial charge in [-0.25, -0.2) is 4.39 Å². The Hall–Kier alpha value is -2.61. The molecule has 0 aliphatic carbocycles. The molecular weight excluding hydrogens is 429 g/mol. The Morgan fingerprint density at radius 1 is 1.11 bits per heavy atom. The first kappa shape index (κ1) is 19.2. The summed E-state index contributed by atoms with van der Waals surface area (Å²) in [6.45, 7) is 0.406. The molecule has 27 heavy (non-hydrogen) atoms. The zero-order chi connectivity index (χ0) is 19.2. The van der Waals surface area contributed by atoms with E-state index in [2.05, 4.69) is 22.0 Å². The van der Waals surface area contributed by atoms with E-state index in [1.165, 1.54) is 6.07 Å². The summed E-state index contributed by atoms with van der Waals surface area (Å²) in [6.07, 6.45) is 1.64. The second-order valence-corrected chi connectivity index (χ2v) is 7.05. The van der Waals surface area contributed by atoms with Gasteiger partial charge in [0.1, 0.15) is 18.2 Å². The molecule has 0 unspecified atom stereocenters. The fourth-order valence-electron chi connectivity index (χ4n) is 2.48. The molecule has 2 nitrogen and oxygen atoms in total. The maximum absolute atomic E-state index is 13.9. The Bertz CT molecular complexity index is 1030. The quantitative estimate of drug-likeness (QED) is 0.318. The first-order valence-electron chi connectivity index (χ1n) is 8.10. The molecule has 5 heteroatoms. The van der Waals surface area contributed by atoms with Crippen LogP contribution in [0.5, 0.6) is 5.75 Å². The number of nitriles is 1. The van der Waals surface area contributed by atoms with Crippen molar-refractivity contribution < 1.29 is 9.13 Å². The third-order valence-electron chi connectivity index (χ3n) is 3.86. The van der Waals surface area contributed by atoms with Crippen molar-refractivity contribution in [2.75, 3.05) is 0 Å². The molecule has 0 aliphatic heterocycles. The highest BCUT2D eigenvalue weighted by Gasteiger charge is 2.08. The number of nitrogens with zero attached hydrogens (tertiary/aromatic N) is 1. The first-order valence-corrected chi connectivity index (χ1v) is 9.27. The fourth-order valence-corrected chi connectivity index (χ4v) is 3.12. The van der Waals surface area contributed by atoms with Crippen LogP contribution in [0.2, 0.25) is 5.02 Å². The summed E-state index contributed by atoms with van der Waals surface area (Å²) in [5.41, 5.74) is 2.30. The van der Waals surface area contributed by atoms with Crippen LogP contribution in [0, 0.1) is 17.1 Å². The second-order valence-electron chi connectivity index (χ2n) is 5.75. The highest BCUT2D eigenvalue weighted by Crippen LogP contribution is 2.29. The monoisotopic (exact) mass is 441 g/mol. The molecule has 0 heterocycles. The van der Waals surface area contributed by atoms with E-state index in [9.17, 15) is 9.65 Å². The van der Waals surface area contributed by atoms with Crippen molar-refractivity contribution in [3.8, 4) is 11.8 Å². The molecule has 0 aromatic heterocycles. The van der Waals surface area contributed by atoms with E-state index in [0.717, 1.165) is 15.6 Å². The molecule has 134 valence electrons. The number of hydrogen-bond donors (Lipinski definition) is 0. The highest BCUT2D eigenvalue weighted by molar-refractivity contribution is 9.10. The van der Waals surface area contributed by atoms with Crippen LogP contribution >= 0.6 is 27.5 Å². The van der Waals surface area contributed by atoms with Crippen LogP contribution in [0.15, 0.2) is 71.2 Å². The van der Waals surface area contributed by atoms with E-state index in [1.54, 1.807) is 24.3 Å². The van der Waals surface area contributed by atoms with Crippen LogP contribution in [0.3, 0.4) is 0 Å². The average Bonchev–Trinajstić information content (AvgIpc) is 2.67. The normalized spacial score (nSPS) is 11.1. The Balaban J connectivity index is 1.78. The van der Waals surface area contributed by atoms with E-state index in [0.29, 0.717) is 17.4 Å². The van der Waals surface area contributed by atoms with E-state index < -0.39 is 5.82 Å². The third-order valence-corrected chi connectivity index (χ3v) is 4.73. The van der Waals surface area contributed by atoms with Gasteiger partial charge in [-0.05, 0) is 63.5 Å². The maximum Gasteiger partial charge on any atom is 0.134 e. The van der Waals surface area contributed by atoms with Gasteiger partial charge in [-0.1, -0.05) is 48.0 Å². The first-order chi connectivity index (χ1) is 13.1. The lowest BCUT2D eigenvalue weighted by molar-refractivity contribution is 0.304. The van der Waals surface area contributed by atoms with Gasteiger partial charge in [0.05, 0.1) is 16.1 Å². The largest absolute Gasteiger partial charge is 0.488 e. The second kappa shape index (κ2) is 8.85. The number of rotatable bonds is 5. The topological polar surface area (TPSA) is 33.0 Å². The van der Waals surface area contributed by atoms with E-state index in [1.807, 2.05) is 42.5 Å². The minimum atomic E-state index is -0.424. The van der Waals surface area contributed by atoms with E-state index in [4.69, 9.17) is 16.3 Å². The number of halogens is 3. The Morgan fingerprint density at radius 3 is 2.52 bits per heavy atom. The number of allylic oxidation sites excluding steroid dienone is 1. The Kier molecular flexibility index (Phi) is 6.28. The van der Waals surface area contributed by atoms with Crippen molar-refractivity contribution in [3.05, 3.63) is 98.7 Å². The summed E-state index contributed by atoms with van der Waals surface area (Å²) >= 11 is 9.36. The number of hydrogen-bond acceptors (Lipinski definition) is 2. The van der Waals surface area contributed by atoms with Crippen molar-refractivity contribution in [2.24, 2.45) is 0 Å². The molecule has 0 N–H and O–H groups in total. The van der Waals surface area contributed by atoms with Crippen LogP contribution in [-0.2, 0) is 6.61 Å². The molecule has 0 saturated heterocycles. The molecule has 0 atom stereocenters. The van der Waals surface area contributed by atoms with Crippen molar-refractivity contribution in [2.45, 2.75) is 6.61 Å². The van der Waals surface area contributed by atoms with Gasteiger partial charge in [0.15, 0.2) is 0 Å². The predicted octanol–water partition coefficient (Wildman–Crippen LogP) is 6.88. The molecule has 0 spiro atoms. The fraction of sp³-hybridized carbons (Fsp3) is 0.0455. The van der Waals surface area contributed by atoms with Gasteiger partial charge in [0.25, 0.3) is 0 Å². The SMILES string of the molecule is N#CC(=Cc1ccc(OCc2ccc(Cl)cc2)c(Br)c1)c1ccccc1F. The van der Waals surface area contributed by atoms with Gasteiger partial charge in [-0.15, -0.1) is 0 Å². The summed E-state index contributed by atoms with van der Waals surface area (Å²) in [7, 11) is 0.